The molecule has 0 bridgehead atoms. The Bertz CT molecular complexity index is 1140. The Balaban J connectivity index is 2.60. The summed E-state index contributed by atoms with van der Waals surface area (Å²) in [6.07, 6.45) is 23.9. The maximum absolute atomic E-state index is 12.9. The van der Waals surface area contributed by atoms with E-state index in [9.17, 15) is 50.0 Å². The highest BCUT2D eigenvalue weighted by atomic mass is 31.2. The molecule has 14 heteroatoms. The molecule has 0 aromatic rings. The van der Waals surface area contributed by atoms with Crippen LogP contribution in [-0.2, 0) is 18.4 Å². The molecular formula is C44H82NO12P. The number of unbranched alkanes of at least 4 members (excludes halogenated alkanes) is 19. The van der Waals surface area contributed by atoms with Gasteiger partial charge in [-0.2, -0.15) is 0 Å². The summed E-state index contributed by atoms with van der Waals surface area (Å²) in [6.45, 7) is 3.67. The van der Waals surface area contributed by atoms with Crippen molar-refractivity contribution >= 4 is 13.7 Å². The maximum atomic E-state index is 12.9. The molecule has 340 valence electrons. The Morgan fingerprint density at radius 2 is 1.02 bits per heavy atom. The topological polar surface area (TPSA) is 226 Å². The molecule has 1 rings (SSSR count). The average Bonchev–Trinajstić information content (AvgIpc) is 3.19. The van der Waals surface area contributed by atoms with Gasteiger partial charge >= 0.3 is 7.82 Å². The van der Waals surface area contributed by atoms with Crippen molar-refractivity contribution in [1.82, 2.24) is 5.32 Å². The fraction of sp³-hybridized carbons (Fsp3) is 0.841. The first-order valence-corrected chi connectivity index (χ1v) is 24.0. The molecule has 1 fully saturated rings. The van der Waals surface area contributed by atoms with E-state index in [1.807, 2.05) is 0 Å². The van der Waals surface area contributed by atoms with E-state index in [0.717, 1.165) is 51.4 Å². The molecule has 1 amide bonds. The molecular weight excluding hydrogens is 765 g/mol. The minimum Gasteiger partial charge on any atom is -0.393 e. The predicted octanol–water partition coefficient (Wildman–Crippen LogP) is 6.97. The number of allylic oxidation sites excluding steroid dienone is 5. The highest BCUT2D eigenvalue weighted by molar-refractivity contribution is 7.47. The van der Waals surface area contributed by atoms with E-state index >= 15 is 0 Å². The molecule has 0 saturated heterocycles. The number of amides is 1. The molecule has 0 spiro atoms. The van der Waals surface area contributed by atoms with Crippen LogP contribution in [-0.4, -0.2) is 108 Å². The first-order valence-electron chi connectivity index (χ1n) is 22.5. The van der Waals surface area contributed by atoms with E-state index in [-0.39, 0.29) is 6.42 Å². The van der Waals surface area contributed by atoms with Gasteiger partial charge in [-0.05, 0) is 57.8 Å². The van der Waals surface area contributed by atoms with Crippen molar-refractivity contribution in [2.75, 3.05) is 6.61 Å². The molecule has 0 radical (unpaired) electrons. The first-order chi connectivity index (χ1) is 27.8. The van der Waals surface area contributed by atoms with E-state index in [1.54, 1.807) is 6.08 Å². The Morgan fingerprint density at radius 1 is 0.603 bits per heavy atom. The number of aliphatic hydroxyl groups is 7. The largest absolute Gasteiger partial charge is 0.472 e. The van der Waals surface area contributed by atoms with Gasteiger partial charge in [0, 0.05) is 0 Å². The molecule has 0 aromatic carbocycles. The molecule has 0 aromatic heterocycles. The van der Waals surface area contributed by atoms with Crippen LogP contribution in [0.4, 0.5) is 0 Å². The Labute approximate surface area is 349 Å². The summed E-state index contributed by atoms with van der Waals surface area (Å²) in [5, 5.41) is 74.2. The Morgan fingerprint density at radius 3 is 1.55 bits per heavy atom. The molecule has 58 heavy (non-hydrogen) atoms. The molecule has 8 unspecified atom stereocenters. The van der Waals surface area contributed by atoms with Crippen molar-refractivity contribution in [3.63, 3.8) is 0 Å². The zero-order valence-electron chi connectivity index (χ0n) is 35.7. The van der Waals surface area contributed by atoms with Crippen LogP contribution in [0.5, 0.6) is 0 Å². The molecule has 1 saturated carbocycles. The minimum absolute atomic E-state index is 0.264. The normalized spacial score (nSPS) is 24.1. The third kappa shape index (κ3) is 26.0. The molecule has 9 N–H and O–H groups in total. The number of aliphatic hydroxyl groups excluding tert-OH is 7. The van der Waals surface area contributed by atoms with Crippen LogP contribution in [0, 0.1) is 0 Å². The highest BCUT2D eigenvalue weighted by Gasteiger charge is 2.51. The van der Waals surface area contributed by atoms with Crippen molar-refractivity contribution in [3.05, 3.63) is 36.5 Å². The van der Waals surface area contributed by atoms with E-state index in [2.05, 4.69) is 43.5 Å². The SMILES string of the molecule is CCCCC/C=C\CCCCCC(O)CC(=O)NC(COP(=O)(O)OC1C(O)C(O)C(O)C(O)C1O)C(O)/C=C/CC/C=C/CCCCCCCCCCCCCC. The van der Waals surface area contributed by atoms with E-state index in [1.165, 1.54) is 96.0 Å². The molecule has 8 atom stereocenters. The quantitative estimate of drug-likeness (QED) is 0.0177. The average molecular weight is 848 g/mol. The first kappa shape index (κ1) is 54.5. The van der Waals surface area contributed by atoms with Crippen molar-refractivity contribution in [1.29, 1.82) is 0 Å². The summed E-state index contributed by atoms with van der Waals surface area (Å²) in [5.74, 6) is -0.614. The van der Waals surface area contributed by atoms with Gasteiger partial charge in [0.05, 0.1) is 31.3 Å². The van der Waals surface area contributed by atoms with Crippen LogP contribution in [0.25, 0.3) is 0 Å². The number of hydrogen-bond acceptors (Lipinski definition) is 11. The lowest BCUT2D eigenvalue weighted by Gasteiger charge is -2.41. The number of hydrogen-bond donors (Lipinski definition) is 9. The van der Waals surface area contributed by atoms with Gasteiger partial charge in [0.15, 0.2) is 0 Å². The van der Waals surface area contributed by atoms with Gasteiger partial charge in [-0.25, -0.2) is 4.57 Å². The van der Waals surface area contributed by atoms with Crippen LogP contribution in [0.1, 0.15) is 174 Å². The summed E-state index contributed by atoms with van der Waals surface area (Å²) < 4.78 is 22.8. The van der Waals surface area contributed by atoms with Gasteiger partial charge in [0.2, 0.25) is 5.91 Å². The van der Waals surface area contributed by atoms with Gasteiger partial charge in [0.1, 0.15) is 36.6 Å². The fourth-order valence-corrected chi connectivity index (χ4v) is 7.92. The van der Waals surface area contributed by atoms with Crippen LogP contribution in [0.3, 0.4) is 0 Å². The lowest BCUT2D eigenvalue weighted by molar-refractivity contribution is -0.220. The molecule has 13 nitrogen and oxygen atoms in total. The lowest BCUT2D eigenvalue weighted by atomic mass is 9.85. The number of carbonyl (C=O) groups excluding carboxylic acids is 1. The third-order valence-electron chi connectivity index (χ3n) is 10.7. The van der Waals surface area contributed by atoms with Gasteiger partial charge in [-0.3, -0.25) is 13.8 Å². The van der Waals surface area contributed by atoms with Crippen molar-refractivity contribution in [2.24, 2.45) is 0 Å². The second kappa shape index (κ2) is 34.1. The maximum Gasteiger partial charge on any atom is 0.472 e. The molecule has 0 heterocycles. The highest BCUT2D eigenvalue weighted by Crippen LogP contribution is 2.47. The number of phosphoric acid groups is 1. The lowest BCUT2D eigenvalue weighted by Crippen LogP contribution is -2.64. The van der Waals surface area contributed by atoms with Gasteiger partial charge in [0.25, 0.3) is 0 Å². The molecule has 0 aliphatic heterocycles. The third-order valence-corrected chi connectivity index (χ3v) is 11.7. The number of nitrogens with one attached hydrogen (secondary N) is 1. The van der Waals surface area contributed by atoms with Crippen molar-refractivity contribution < 1.29 is 59.0 Å². The van der Waals surface area contributed by atoms with Crippen LogP contribution in [0.15, 0.2) is 36.5 Å². The van der Waals surface area contributed by atoms with E-state index in [4.69, 9.17) is 9.05 Å². The minimum atomic E-state index is -5.15. The second-order valence-electron chi connectivity index (χ2n) is 16.1. The smallest absolute Gasteiger partial charge is 0.393 e. The van der Waals surface area contributed by atoms with Gasteiger partial charge in [-0.15, -0.1) is 0 Å². The standard InChI is InChI=1S/C44H82NO12P/c1-3-5-7-9-11-13-15-16-17-18-19-20-21-22-24-26-28-30-32-37(47)36(34-56-58(54,55)57-44-42(52)40(50)39(49)41(51)43(44)53)45-38(48)33-35(46)31-29-27-25-23-14-12-10-8-6-4-2/h12,14,22,24,30,32,35-37,39-44,46-47,49-53H,3-11,13,15-21,23,25-29,31,33-34H2,1-2H3,(H,45,48)(H,54,55)/b14-12-,24-22+,32-30+. The second-order valence-corrected chi connectivity index (χ2v) is 17.5. The number of carbonyl (C=O) groups is 1. The van der Waals surface area contributed by atoms with E-state index < -0.39 is 75.2 Å². The number of phosphoric ester groups is 1. The zero-order valence-corrected chi connectivity index (χ0v) is 36.6. The van der Waals surface area contributed by atoms with Crippen molar-refractivity contribution in [3.8, 4) is 0 Å². The molecule has 1 aliphatic rings. The summed E-state index contributed by atoms with van der Waals surface area (Å²) >= 11 is 0. The fourth-order valence-electron chi connectivity index (χ4n) is 6.96. The van der Waals surface area contributed by atoms with Crippen LogP contribution >= 0.6 is 7.82 Å². The Hall–Kier alpha value is -1.48. The van der Waals surface area contributed by atoms with Crippen LogP contribution in [0.2, 0.25) is 0 Å². The molecule has 1 aliphatic carbocycles. The van der Waals surface area contributed by atoms with Crippen LogP contribution < -0.4 is 5.32 Å². The number of rotatable bonds is 36. The summed E-state index contributed by atoms with van der Waals surface area (Å²) in [7, 11) is -5.15. The van der Waals surface area contributed by atoms with Crippen molar-refractivity contribution in [2.45, 2.75) is 229 Å². The Kier molecular flexibility index (Phi) is 32.1. The van der Waals surface area contributed by atoms with Gasteiger partial charge < -0.3 is 46.0 Å². The summed E-state index contributed by atoms with van der Waals surface area (Å²) in [6, 6.07) is -1.26. The summed E-state index contributed by atoms with van der Waals surface area (Å²) in [5.41, 5.74) is 0. The summed E-state index contributed by atoms with van der Waals surface area (Å²) in [4.78, 5) is 23.3. The van der Waals surface area contributed by atoms with Gasteiger partial charge in [-0.1, -0.05) is 147 Å². The zero-order chi connectivity index (χ0) is 43.0. The predicted molar refractivity (Wildman–Crippen MR) is 229 cm³/mol. The van der Waals surface area contributed by atoms with E-state index in [0.29, 0.717) is 12.8 Å². The monoisotopic (exact) mass is 848 g/mol.